The summed E-state index contributed by atoms with van der Waals surface area (Å²) < 4.78 is 0. The van der Waals surface area contributed by atoms with Crippen molar-refractivity contribution < 1.29 is 24.8 Å². The van der Waals surface area contributed by atoms with Gasteiger partial charge in [-0.15, -0.1) is 11.3 Å². The number of rotatable bonds is 6. The number of nitroso groups, excluding NO2 is 1. The predicted molar refractivity (Wildman–Crippen MR) is 322 cm³/mol. The van der Waals surface area contributed by atoms with Crippen molar-refractivity contribution in [3.8, 4) is 166 Å². The number of anilines is 2. The number of amidine groups is 1. The molecule has 7 rings (SSSR count). The van der Waals surface area contributed by atoms with Crippen LogP contribution in [0.4, 0.5) is 11.5 Å². The van der Waals surface area contributed by atoms with Crippen molar-refractivity contribution in [3.63, 3.8) is 0 Å². The van der Waals surface area contributed by atoms with E-state index in [-0.39, 0.29) is 37.3 Å². The van der Waals surface area contributed by atoms with Crippen LogP contribution in [0.15, 0.2) is 89.6 Å². The number of nitrogens with two attached hydrogens (primary N) is 1. The summed E-state index contributed by atoms with van der Waals surface area (Å²) in [5.74, 6) is 68.7. The molecule has 1 fully saturated rings. The van der Waals surface area contributed by atoms with Gasteiger partial charge >= 0.3 is 0 Å². The van der Waals surface area contributed by atoms with Crippen LogP contribution >= 0.6 is 0 Å². The molecule has 2 aromatic heterocycles. The van der Waals surface area contributed by atoms with Gasteiger partial charge in [-0.2, -0.15) is 5.53 Å². The number of aryl methyl sites for hydroxylation is 1. The number of benzene rings is 1. The third-order valence-electron chi connectivity index (χ3n) is 11.0. The van der Waals surface area contributed by atoms with Crippen LogP contribution < -0.4 is 15.5 Å². The highest BCUT2D eigenvalue weighted by atomic mass is 16.3. The minimum absolute atomic E-state index is 0. The van der Waals surface area contributed by atoms with E-state index in [1.807, 2.05) is 35.9 Å². The van der Waals surface area contributed by atoms with Crippen molar-refractivity contribution in [1.82, 2.24) is 19.9 Å². The number of hydrogen-bond donors (Lipinski definition) is 2. The smallest absolute Gasteiger partial charge is 0.253 e. The Hall–Kier alpha value is -12.0. The molecule has 1 atom stereocenters. The molecule has 0 radical (unpaired) electrons. The molecule has 0 unspecified atom stereocenters. The Labute approximate surface area is 473 Å². The van der Waals surface area contributed by atoms with Gasteiger partial charge in [0.1, 0.15) is 16.8 Å². The van der Waals surface area contributed by atoms with E-state index in [1.165, 1.54) is 5.56 Å². The standard InChI is InChI=1S/C30H34N8O.C29H4.HN9O.14H2/c1-36(2)29(39)19-7-8-20-16-30(27(31)21(20)15-19)9-13-37(14-10-30)25-18-33-26-23(35-25)17-34-28(26)38-12-4-5-22-24(38)6-3-11-32-22;1-3-5-7-9-11-13-15-17-19-21-23-25-27-29-28-26-24-22-20-18-16-14-12-10-8-6-4-2;1-2-3-4-5-6-7-8-9-10;;;;;;;;;;;;;;/h3,6-8,11,15,18,27H,4-5,9-10,12-14,16-17,31H2,1-2H3;1H,2H3;1H;14*1H/b;;2-1?,4-3+,6-5+,8-7+;;;;;;;;;;;;;;/t27-;;;;;;;;;;;;;;;;/m0................/s1. The van der Waals surface area contributed by atoms with E-state index < -0.39 is 0 Å². The summed E-state index contributed by atoms with van der Waals surface area (Å²) in [6.45, 7) is 4.94. The molecule has 3 aromatic rings. The molecule has 19 nitrogen and oxygen atoms in total. The van der Waals surface area contributed by atoms with Gasteiger partial charge in [-0.25, -0.2) is 9.97 Å². The van der Waals surface area contributed by atoms with Gasteiger partial charge in [0.25, 0.3) is 5.91 Å². The number of nitrogens with one attached hydrogen (secondary N) is 1. The normalized spacial score (nSPS) is 13.4. The van der Waals surface area contributed by atoms with Crippen LogP contribution in [-0.4, -0.2) is 65.3 Å². The third-order valence-corrected chi connectivity index (χ3v) is 11.0. The van der Waals surface area contributed by atoms with E-state index >= 15 is 0 Å². The quantitative estimate of drug-likeness (QED) is 0.104. The van der Waals surface area contributed by atoms with Gasteiger partial charge in [-0.3, -0.25) is 14.8 Å². The second-order valence-corrected chi connectivity index (χ2v) is 15.7. The summed E-state index contributed by atoms with van der Waals surface area (Å²) in [5, 5.41) is 20.8. The van der Waals surface area contributed by atoms with Gasteiger partial charge in [0.2, 0.25) is 0 Å². The molecule has 78 heavy (non-hydrogen) atoms. The number of fused-ring (bicyclic) bond motifs is 3. The van der Waals surface area contributed by atoms with Gasteiger partial charge in [0, 0.05) is 146 Å². The first-order valence-corrected chi connectivity index (χ1v) is 23.0. The second kappa shape index (κ2) is 32.1. The number of pyridine rings is 1. The number of carbonyl (C=O) groups excluding carboxylic acids is 1. The number of piperidine rings is 1. The fraction of sp³-hybridized carbons (Fsp3) is 0.237. The Balaban J connectivity index is -0.000000144. The highest BCUT2D eigenvalue weighted by Gasteiger charge is 2.46. The highest BCUT2D eigenvalue weighted by molar-refractivity contribution is 6.11. The number of amides is 1. The number of hydrogen-bond acceptors (Lipinski definition) is 10. The maximum atomic E-state index is 12.5. The fourth-order valence-electron chi connectivity index (χ4n) is 7.77. The Morgan fingerprint density at radius 2 is 1.29 bits per heavy atom. The van der Waals surface area contributed by atoms with Crippen LogP contribution in [-0.2, 0) is 19.4 Å². The van der Waals surface area contributed by atoms with Gasteiger partial charge in [-0.1, -0.05) is 12.0 Å². The van der Waals surface area contributed by atoms with E-state index in [2.05, 4.69) is 223 Å². The first-order valence-electron chi connectivity index (χ1n) is 23.0. The van der Waals surface area contributed by atoms with E-state index in [0.717, 1.165) is 91.7 Å². The SMILES string of the molecule is C#CC#CC#CC#CC#CC#CC#CC#CC#CC#CC#CC#CC#CC#CC.CN(C)C(=O)c1ccc2c(c1)[C@H](N)C1(CCN(c3cnc4c(n3)CN=C4N3CCCc4ncccc43)CC1)C2.N=N/N=N/N=N/N=N/N=O.[HH].[HH].[HH].[HH].[HH].[HH].[HH].[HH].[HH].[HH].[HH].[HH].[HH].[HH]. The average Bonchev–Trinajstić information content (AvgIpc) is 1.60. The minimum Gasteiger partial charge on any atom is -0.355 e. The van der Waals surface area contributed by atoms with Crippen LogP contribution in [0.1, 0.15) is 90.8 Å². The molecule has 4 aliphatic rings. The van der Waals surface area contributed by atoms with Crippen molar-refractivity contribution in [1.29, 1.82) is 5.53 Å². The van der Waals surface area contributed by atoms with Gasteiger partial charge in [-0.05, 0) is 195 Å². The Bertz CT molecular complexity index is 3920. The zero-order valence-electron chi connectivity index (χ0n) is 42.2. The van der Waals surface area contributed by atoms with Gasteiger partial charge in [0.05, 0.1) is 29.8 Å². The second-order valence-electron chi connectivity index (χ2n) is 15.7. The first-order chi connectivity index (χ1) is 38.3. The maximum absolute atomic E-state index is 12.5. The Morgan fingerprint density at radius 3 is 1.83 bits per heavy atom. The summed E-state index contributed by atoms with van der Waals surface area (Å²) in [5.41, 5.74) is 20.2. The number of aliphatic imine (C=N–C) groups is 1. The topological polar surface area (TPSA) is 244 Å². The minimum atomic E-state index is -0.0615. The predicted octanol–water partition coefficient (Wildman–Crippen LogP) is 9.06. The Kier molecular flexibility index (Phi) is 23.4. The first kappa shape index (κ1) is 56.9. The summed E-state index contributed by atoms with van der Waals surface area (Å²) in [7, 11) is 3.57. The maximum Gasteiger partial charge on any atom is 0.253 e. The van der Waals surface area contributed by atoms with Crippen LogP contribution in [0.3, 0.4) is 0 Å². The van der Waals surface area contributed by atoms with Crippen LogP contribution in [0.25, 0.3) is 0 Å². The van der Waals surface area contributed by atoms with Crippen molar-refractivity contribution in [3.05, 3.63) is 81.4 Å². The fourth-order valence-corrected chi connectivity index (χ4v) is 7.77. The van der Waals surface area contributed by atoms with Crippen LogP contribution in [0.5, 0.6) is 0 Å². The molecule has 0 saturated carbocycles. The summed E-state index contributed by atoms with van der Waals surface area (Å²) in [6.07, 6.45) is 13.7. The molecule has 400 valence electrons. The summed E-state index contributed by atoms with van der Waals surface area (Å²) in [4.78, 5) is 47.3. The lowest BCUT2D eigenvalue weighted by Crippen LogP contribution is -2.44. The van der Waals surface area contributed by atoms with Gasteiger partial charge < -0.3 is 20.4 Å². The molecule has 0 bridgehead atoms. The number of terminal acetylenes is 1. The lowest BCUT2D eigenvalue weighted by molar-refractivity contribution is 0.0827. The number of nitrogens with zero attached hydrogens (tertiary/aromatic N) is 15. The van der Waals surface area contributed by atoms with E-state index in [9.17, 15) is 9.70 Å². The molecule has 3 N–H and O–H groups in total. The molecular weight excluding hydrogens is 979 g/mol. The zero-order valence-corrected chi connectivity index (χ0v) is 42.2. The van der Waals surface area contributed by atoms with E-state index in [1.54, 1.807) is 25.9 Å². The zero-order chi connectivity index (χ0) is 55.5. The summed E-state index contributed by atoms with van der Waals surface area (Å²) in [6, 6.07) is 10.1. The molecule has 1 amide bonds. The summed E-state index contributed by atoms with van der Waals surface area (Å²) >= 11 is 0. The molecular formula is C59H67N17O2. The van der Waals surface area contributed by atoms with Gasteiger partial charge in [0.15, 0.2) is 5.84 Å². The van der Waals surface area contributed by atoms with Crippen molar-refractivity contribution in [2.24, 2.45) is 58.0 Å². The molecule has 1 spiro atoms. The molecule has 5 heterocycles. The number of aromatic nitrogens is 3. The lowest BCUT2D eigenvalue weighted by atomic mass is 9.73. The van der Waals surface area contributed by atoms with Crippen LogP contribution in [0, 0.1) is 182 Å². The Morgan fingerprint density at radius 1 is 0.744 bits per heavy atom. The van der Waals surface area contributed by atoms with Crippen molar-refractivity contribution in [2.75, 3.05) is 43.5 Å². The highest BCUT2D eigenvalue weighted by Crippen LogP contribution is 2.51. The largest absolute Gasteiger partial charge is 0.355 e. The van der Waals surface area contributed by atoms with E-state index in [0.29, 0.717) is 12.1 Å². The number of carbonyl (C=O) groups is 1. The molecule has 1 saturated heterocycles. The lowest BCUT2D eigenvalue weighted by Gasteiger charge is -2.42. The monoisotopic (exact) mass is 1050 g/mol. The van der Waals surface area contributed by atoms with Crippen LogP contribution in [0.2, 0.25) is 0 Å². The van der Waals surface area contributed by atoms with E-state index in [4.69, 9.17) is 32.6 Å². The molecule has 19 heteroatoms. The molecule has 3 aliphatic heterocycles. The van der Waals surface area contributed by atoms with Crippen molar-refractivity contribution in [2.45, 2.75) is 51.6 Å². The molecule has 1 aromatic carbocycles. The third kappa shape index (κ3) is 17.6. The average molecular weight is 1050 g/mol. The van der Waals surface area contributed by atoms with Crippen molar-refractivity contribution >= 4 is 23.2 Å². The molecule has 1 aliphatic carbocycles.